The zero-order valence-electron chi connectivity index (χ0n) is 19.6. The molecule has 1 aliphatic carbocycles. The molecule has 2 atom stereocenters. The van der Waals surface area contributed by atoms with Gasteiger partial charge in [0, 0.05) is 7.11 Å². The lowest BCUT2D eigenvalue weighted by atomic mass is 9.94. The van der Waals surface area contributed by atoms with Gasteiger partial charge in [0.25, 0.3) is 0 Å². The van der Waals surface area contributed by atoms with E-state index >= 15 is 0 Å². The van der Waals surface area contributed by atoms with E-state index in [9.17, 15) is 14.7 Å². The van der Waals surface area contributed by atoms with Crippen LogP contribution in [0.15, 0.2) is 72.8 Å². The predicted molar refractivity (Wildman–Crippen MR) is 132 cm³/mol. The number of hydrogen-bond donors (Lipinski definition) is 2. The van der Waals surface area contributed by atoms with Crippen molar-refractivity contribution in [1.29, 1.82) is 0 Å². The summed E-state index contributed by atoms with van der Waals surface area (Å²) in [6.45, 7) is 0. The van der Waals surface area contributed by atoms with E-state index in [2.05, 4.69) is 5.32 Å². The van der Waals surface area contributed by atoms with E-state index in [1.165, 1.54) is 12.5 Å². The second kappa shape index (κ2) is 11.5. The number of anilines is 1. The Hall–Kier alpha value is -3.84. The number of carbonyl (C=O) groups is 2. The molecule has 0 aromatic heterocycles. The molecule has 0 aliphatic heterocycles. The zero-order valence-corrected chi connectivity index (χ0v) is 19.6. The Morgan fingerprint density at radius 1 is 0.857 bits per heavy atom. The second-order valence-electron chi connectivity index (χ2n) is 8.51. The number of para-hydroxylation sites is 1. The van der Waals surface area contributed by atoms with Crippen LogP contribution in [0.25, 0.3) is 0 Å². The summed E-state index contributed by atoms with van der Waals surface area (Å²) in [5.41, 5.74) is 1.11. The van der Waals surface area contributed by atoms with Gasteiger partial charge in [-0.2, -0.15) is 0 Å². The van der Waals surface area contributed by atoms with Crippen molar-refractivity contribution in [2.45, 2.75) is 44.3 Å². The molecule has 1 amide bonds. The van der Waals surface area contributed by atoms with E-state index in [-0.39, 0.29) is 35.8 Å². The molecule has 0 unspecified atom stereocenters. The van der Waals surface area contributed by atoms with Crippen molar-refractivity contribution in [3.63, 3.8) is 0 Å². The Labute approximate surface area is 204 Å². The van der Waals surface area contributed by atoms with Crippen LogP contribution in [-0.2, 0) is 16.0 Å². The van der Waals surface area contributed by atoms with E-state index in [0.717, 1.165) is 30.6 Å². The fourth-order valence-corrected chi connectivity index (χ4v) is 4.20. The summed E-state index contributed by atoms with van der Waals surface area (Å²) in [7, 11) is 1.74. The van der Waals surface area contributed by atoms with Crippen LogP contribution in [0.1, 0.15) is 41.6 Å². The minimum atomic E-state index is -1.09. The highest BCUT2D eigenvalue weighted by atomic mass is 16.5. The van der Waals surface area contributed by atoms with Gasteiger partial charge in [0.1, 0.15) is 23.4 Å². The third-order valence-electron chi connectivity index (χ3n) is 6.01. The normalized spacial score (nSPS) is 17.4. The molecule has 1 aliphatic rings. The van der Waals surface area contributed by atoms with Crippen molar-refractivity contribution in [2.75, 3.05) is 12.4 Å². The average Bonchev–Trinajstić information content (AvgIpc) is 2.87. The fraction of sp³-hybridized carbons (Fsp3) is 0.286. The number of benzene rings is 3. The number of hydrogen-bond acceptors (Lipinski definition) is 5. The summed E-state index contributed by atoms with van der Waals surface area (Å²) in [5, 5.41) is 11.9. The van der Waals surface area contributed by atoms with Gasteiger partial charge in [0.05, 0.1) is 23.8 Å². The van der Waals surface area contributed by atoms with Crippen LogP contribution in [0.5, 0.6) is 17.2 Å². The number of carboxylic acids is 1. The van der Waals surface area contributed by atoms with E-state index < -0.39 is 5.97 Å². The number of nitrogens with one attached hydrogen (secondary N) is 1. The van der Waals surface area contributed by atoms with Gasteiger partial charge >= 0.3 is 5.97 Å². The number of methoxy groups -OCH3 is 1. The predicted octanol–water partition coefficient (Wildman–Crippen LogP) is 5.69. The second-order valence-corrected chi connectivity index (χ2v) is 8.51. The third kappa shape index (κ3) is 6.61. The number of rotatable bonds is 9. The maximum atomic E-state index is 12.4. The number of carbonyl (C=O) groups excluding carboxylic acids is 1. The number of aromatic carboxylic acids is 1. The van der Waals surface area contributed by atoms with Crippen LogP contribution in [0.2, 0.25) is 0 Å². The van der Waals surface area contributed by atoms with Gasteiger partial charge in [-0.25, -0.2) is 4.79 Å². The van der Waals surface area contributed by atoms with Gasteiger partial charge in [-0.3, -0.25) is 4.79 Å². The first kappa shape index (κ1) is 24.3. The number of carboxylic acid groups (broad SMARTS) is 1. The molecule has 0 spiro atoms. The maximum absolute atomic E-state index is 12.4. The lowest BCUT2D eigenvalue weighted by molar-refractivity contribution is -0.115. The number of amides is 1. The minimum absolute atomic E-state index is 0.0540. The summed E-state index contributed by atoms with van der Waals surface area (Å²) < 4.78 is 17.6. The largest absolute Gasteiger partial charge is 0.488 e. The molecule has 1 saturated carbocycles. The molecule has 1 fully saturated rings. The minimum Gasteiger partial charge on any atom is -0.488 e. The Morgan fingerprint density at radius 3 is 2.11 bits per heavy atom. The summed E-state index contributed by atoms with van der Waals surface area (Å²) in [6.07, 6.45) is 4.66. The van der Waals surface area contributed by atoms with Crippen LogP contribution < -0.4 is 14.8 Å². The van der Waals surface area contributed by atoms with Crippen LogP contribution in [0.3, 0.4) is 0 Å². The molecule has 0 saturated heterocycles. The van der Waals surface area contributed by atoms with Crippen molar-refractivity contribution in [3.05, 3.63) is 83.9 Å². The Balaban J connectivity index is 1.30. The highest BCUT2D eigenvalue weighted by Gasteiger charge is 2.26. The first-order valence-electron chi connectivity index (χ1n) is 11.7. The van der Waals surface area contributed by atoms with E-state index in [4.69, 9.17) is 14.2 Å². The fourth-order valence-electron chi connectivity index (χ4n) is 4.20. The first-order valence-corrected chi connectivity index (χ1v) is 11.7. The summed E-state index contributed by atoms with van der Waals surface area (Å²) in [6, 6.07) is 21.0. The smallest absolute Gasteiger partial charge is 0.337 e. The third-order valence-corrected chi connectivity index (χ3v) is 6.01. The highest BCUT2D eigenvalue weighted by molar-refractivity contribution is 6.00. The van der Waals surface area contributed by atoms with Gasteiger partial charge < -0.3 is 24.6 Å². The standard InChI is InChI=1S/C28H29NO6/c1-33-25-8-4-5-9-26(25)35-22-16-14-21(15-17-22)34-20-12-10-19(11-13-20)18-27(30)29-24-7-3-2-6-23(24)28(31)32/h2-3,6-7,10-17,25-26H,4-5,8-9,18H2,1H3,(H,29,30)(H,31,32)/t25-,26-/m1/s1. The van der Waals surface area contributed by atoms with Crippen molar-refractivity contribution in [2.24, 2.45) is 0 Å². The van der Waals surface area contributed by atoms with Crippen LogP contribution in [-0.4, -0.2) is 36.3 Å². The van der Waals surface area contributed by atoms with Crippen LogP contribution in [0.4, 0.5) is 5.69 Å². The molecular weight excluding hydrogens is 446 g/mol. The molecule has 0 bridgehead atoms. The summed E-state index contributed by atoms with van der Waals surface area (Å²) in [4.78, 5) is 23.7. The molecule has 182 valence electrons. The first-order chi connectivity index (χ1) is 17.0. The van der Waals surface area contributed by atoms with Crippen LogP contribution in [0, 0.1) is 0 Å². The van der Waals surface area contributed by atoms with Crippen molar-refractivity contribution >= 4 is 17.6 Å². The van der Waals surface area contributed by atoms with Gasteiger partial charge in [0.15, 0.2) is 0 Å². The average molecular weight is 476 g/mol. The van der Waals surface area contributed by atoms with E-state index in [1.807, 2.05) is 36.4 Å². The monoisotopic (exact) mass is 475 g/mol. The highest BCUT2D eigenvalue weighted by Crippen LogP contribution is 2.28. The van der Waals surface area contributed by atoms with Crippen molar-refractivity contribution < 1.29 is 28.9 Å². The quantitative estimate of drug-likeness (QED) is 0.413. The molecular formula is C28H29NO6. The Morgan fingerprint density at radius 2 is 1.46 bits per heavy atom. The van der Waals surface area contributed by atoms with Gasteiger partial charge in [-0.05, 0) is 73.4 Å². The molecule has 3 aromatic rings. The Kier molecular flexibility index (Phi) is 8.00. The molecule has 0 radical (unpaired) electrons. The summed E-state index contributed by atoms with van der Waals surface area (Å²) >= 11 is 0. The van der Waals surface area contributed by atoms with Crippen molar-refractivity contribution in [1.82, 2.24) is 0 Å². The molecule has 7 heteroatoms. The molecule has 3 aromatic carbocycles. The molecule has 2 N–H and O–H groups in total. The Bertz CT molecular complexity index is 1140. The number of ether oxygens (including phenoxy) is 3. The van der Waals surface area contributed by atoms with Gasteiger partial charge in [0.2, 0.25) is 5.91 Å². The lowest BCUT2D eigenvalue weighted by Gasteiger charge is -2.30. The maximum Gasteiger partial charge on any atom is 0.337 e. The molecule has 0 heterocycles. The van der Waals surface area contributed by atoms with Gasteiger partial charge in [-0.1, -0.05) is 30.7 Å². The van der Waals surface area contributed by atoms with Crippen LogP contribution >= 0.6 is 0 Å². The SMILES string of the molecule is CO[C@@H]1CCCC[C@H]1Oc1ccc(Oc2ccc(CC(=O)Nc3ccccc3C(=O)O)cc2)cc1. The summed E-state index contributed by atoms with van der Waals surface area (Å²) in [5.74, 6) is 0.731. The zero-order chi connectivity index (χ0) is 24.6. The van der Waals surface area contributed by atoms with E-state index in [1.54, 1.807) is 37.4 Å². The lowest BCUT2D eigenvalue weighted by Crippen LogP contribution is -2.36. The molecule has 35 heavy (non-hydrogen) atoms. The van der Waals surface area contributed by atoms with Crippen molar-refractivity contribution in [3.8, 4) is 17.2 Å². The topological polar surface area (TPSA) is 94.1 Å². The van der Waals surface area contributed by atoms with Gasteiger partial charge in [-0.15, -0.1) is 0 Å². The van der Waals surface area contributed by atoms with E-state index in [0.29, 0.717) is 11.5 Å². The molecule has 4 rings (SSSR count). The molecule has 7 nitrogen and oxygen atoms in total.